The van der Waals surface area contributed by atoms with Gasteiger partial charge in [0.05, 0.1) is 17.2 Å². The molecule has 0 spiro atoms. The summed E-state index contributed by atoms with van der Waals surface area (Å²) in [6, 6.07) is 3.96. The third-order valence-electron chi connectivity index (χ3n) is 6.74. The number of fused-ring (bicyclic) bond motifs is 1. The second-order valence-electron chi connectivity index (χ2n) is 10.7. The van der Waals surface area contributed by atoms with Gasteiger partial charge in [0.2, 0.25) is 11.8 Å². The highest BCUT2D eigenvalue weighted by Crippen LogP contribution is 2.40. The Morgan fingerprint density at radius 2 is 2.09 bits per heavy atom. The number of likely N-dealkylation sites (tertiary alicyclic amines) is 1. The molecule has 1 aromatic carbocycles. The van der Waals surface area contributed by atoms with E-state index in [-0.39, 0.29) is 31.3 Å². The molecule has 1 aliphatic heterocycles. The Balaban J connectivity index is 1.32. The first-order valence-corrected chi connectivity index (χ1v) is 11.9. The number of rotatable bonds is 6. The topological polar surface area (TPSA) is 152 Å². The monoisotopic (exact) mass is 481 g/mol. The zero-order valence-electron chi connectivity index (χ0n) is 20.1. The Labute approximate surface area is 202 Å². The summed E-state index contributed by atoms with van der Waals surface area (Å²) in [4.78, 5) is 28.4. The van der Waals surface area contributed by atoms with E-state index >= 15 is 0 Å². The number of nitrogens with two attached hydrogens (primary N) is 1. The van der Waals surface area contributed by atoms with Crippen LogP contribution in [0.4, 0.5) is 5.82 Å². The molecule has 1 saturated carbocycles. The van der Waals surface area contributed by atoms with E-state index in [9.17, 15) is 14.7 Å². The van der Waals surface area contributed by atoms with Crippen LogP contribution in [0.2, 0.25) is 0 Å². The van der Waals surface area contributed by atoms with Crippen LogP contribution in [0.25, 0.3) is 11.0 Å². The van der Waals surface area contributed by atoms with Crippen LogP contribution in [-0.4, -0.2) is 60.7 Å². The van der Waals surface area contributed by atoms with Gasteiger partial charge < -0.3 is 25.6 Å². The van der Waals surface area contributed by atoms with Gasteiger partial charge in [-0.25, -0.2) is 4.68 Å². The van der Waals surface area contributed by atoms with Crippen molar-refractivity contribution in [2.24, 2.45) is 5.41 Å². The van der Waals surface area contributed by atoms with Gasteiger partial charge in [-0.1, -0.05) is 37.2 Å². The number of carbonyl (C=O) groups excluding carboxylic acids is 2. The minimum atomic E-state index is -0.779. The number of hydrogen-bond acceptors (Lipinski definition) is 8. The first-order chi connectivity index (χ1) is 16.6. The number of aliphatic hydroxyl groups excluding tert-OH is 1. The zero-order valence-corrected chi connectivity index (χ0v) is 20.1. The molecule has 2 aromatic heterocycles. The van der Waals surface area contributed by atoms with Gasteiger partial charge >= 0.3 is 0 Å². The molecule has 5 rings (SSSR count). The zero-order chi connectivity index (χ0) is 24.9. The summed E-state index contributed by atoms with van der Waals surface area (Å²) < 4.78 is 6.81. The summed E-state index contributed by atoms with van der Waals surface area (Å²) in [7, 11) is 0. The minimum Gasteiger partial charge on any atom is -0.391 e. The number of hydrogen-bond donors (Lipinski definition) is 3. The highest BCUT2D eigenvalue weighted by molar-refractivity contribution is 5.90. The van der Waals surface area contributed by atoms with E-state index in [1.54, 1.807) is 16.8 Å². The van der Waals surface area contributed by atoms with Crippen molar-refractivity contribution < 1.29 is 19.2 Å². The van der Waals surface area contributed by atoms with Crippen molar-refractivity contribution in [2.45, 2.75) is 70.7 Å². The van der Waals surface area contributed by atoms with E-state index < -0.39 is 23.6 Å². The average molecular weight is 482 g/mol. The number of benzene rings is 1. The lowest BCUT2D eigenvalue weighted by atomic mass is 9.85. The fourth-order valence-electron chi connectivity index (χ4n) is 4.74. The van der Waals surface area contributed by atoms with Crippen LogP contribution in [0, 0.1) is 5.41 Å². The normalized spacial score (nSPS) is 21.4. The number of aliphatic hydroxyl groups is 1. The molecule has 3 aromatic rings. The molecule has 0 bridgehead atoms. The second-order valence-corrected chi connectivity index (χ2v) is 10.7. The number of anilines is 1. The van der Waals surface area contributed by atoms with E-state index in [4.69, 9.17) is 10.3 Å². The number of nitrogen functional groups attached to an aromatic ring is 1. The van der Waals surface area contributed by atoms with E-state index in [1.165, 1.54) is 4.90 Å². The maximum absolute atomic E-state index is 13.8. The van der Waals surface area contributed by atoms with Gasteiger partial charge in [-0.15, -0.1) is 5.10 Å². The van der Waals surface area contributed by atoms with Gasteiger partial charge in [-0.3, -0.25) is 9.59 Å². The highest BCUT2D eigenvalue weighted by atomic mass is 16.5. The van der Waals surface area contributed by atoms with Gasteiger partial charge in [-0.05, 0) is 36.0 Å². The van der Waals surface area contributed by atoms with Crippen molar-refractivity contribution in [3.63, 3.8) is 0 Å². The molecule has 0 radical (unpaired) electrons. The summed E-state index contributed by atoms with van der Waals surface area (Å²) in [6.07, 6.45) is 3.42. The molecule has 1 aliphatic carbocycles. The lowest BCUT2D eigenvalue weighted by molar-refractivity contribution is -0.144. The lowest BCUT2D eigenvalue weighted by Gasteiger charge is -2.34. The average Bonchev–Trinajstić information content (AvgIpc) is 3.23. The van der Waals surface area contributed by atoms with E-state index in [1.807, 2.05) is 33.0 Å². The van der Waals surface area contributed by atoms with Crippen molar-refractivity contribution in [1.29, 1.82) is 0 Å². The van der Waals surface area contributed by atoms with E-state index in [2.05, 4.69) is 20.8 Å². The largest absolute Gasteiger partial charge is 0.391 e. The van der Waals surface area contributed by atoms with Crippen LogP contribution in [-0.2, 0) is 16.1 Å². The molecule has 11 nitrogen and oxygen atoms in total. The number of carbonyl (C=O) groups is 2. The van der Waals surface area contributed by atoms with Crippen molar-refractivity contribution in [3.8, 4) is 0 Å². The van der Waals surface area contributed by atoms with E-state index in [0.717, 1.165) is 24.1 Å². The first kappa shape index (κ1) is 23.3. The molecule has 186 valence electrons. The molecule has 2 aliphatic rings. The highest BCUT2D eigenvalue weighted by Gasteiger charge is 2.45. The fourth-order valence-corrected chi connectivity index (χ4v) is 4.74. The Bertz CT molecular complexity index is 1260. The third kappa shape index (κ3) is 4.60. The predicted molar refractivity (Wildman–Crippen MR) is 127 cm³/mol. The summed E-state index contributed by atoms with van der Waals surface area (Å²) in [6.45, 7) is 6.21. The van der Waals surface area contributed by atoms with Crippen molar-refractivity contribution in [2.75, 3.05) is 12.3 Å². The smallest absolute Gasteiger partial charge is 0.248 e. The van der Waals surface area contributed by atoms with E-state index in [0.29, 0.717) is 22.7 Å². The SMILES string of the molecule is CC(C)(C)[C@@H](C(=O)N1CC(O)CC1C(=O)NCc1ccc2c(N)noc2c1)n1cc(C2CC2)nn1. The quantitative estimate of drug-likeness (QED) is 0.481. The lowest BCUT2D eigenvalue weighted by Crippen LogP contribution is -2.50. The van der Waals surface area contributed by atoms with Crippen molar-refractivity contribution >= 4 is 28.6 Å². The van der Waals surface area contributed by atoms with Gasteiger partial charge in [-0.2, -0.15) is 0 Å². The van der Waals surface area contributed by atoms with Gasteiger partial charge in [0.25, 0.3) is 0 Å². The Morgan fingerprint density at radius 1 is 1.31 bits per heavy atom. The van der Waals surface area contributed by atoms with Crippen LogP contribution in [0.5, 0.6) is 0 Å². The van der Waals surface area contributed by atoms with Crippen molar-refractivity contribution in [3.05, 3.63) is 35.7 Å². The maximum atomic E-state index is 13.8. The number of amides is 2. The second kappa shape index (κ2) is 8.63. The van der Waals surface area contributed by atoms with Crippen LogP contribution in [0.15, 0.2) is 28.9 Å². The van der Waals surface area contributed by atoms with Gasteiger partial charge in [0.1, 0.15) is 12.1 Å². The fraction of sp³-hybridized carbons (Fsp3) is 0.542. The molecule has 1 saturated heterocycles. The predicted octanol–water partition coefficient (Wildman–Crippen LogP) is 1.74. The van der Waals surface area contributed by atoms with Crippen LogP contribution >= 0.6 is 0 Å². The third-order valence-corrected chi connectivity index (χ3v) is 6.74. The Kier molecular flexibility index (Phi) is 5.74. The molecular formula is C24H31N7O4. The molecule has 4 N–H and O–H groups in total. The summed E-state index contributed by atoms with van der Waals surface area (Å²) in [5.74, 6) is 0.158. The Hall–Kier alpha value is -3.47. The molecule has 11 heteroatoms. The van der Waals surface area contributed by atoms with Gasteiger partial charge in [0.15, 0.2) is 11.4 Å². The summed E-state index contributed by atoms with van der Waals surface area (Å²) in [5.41, 5.74) is 7.52. The standard InChI is InChI=1S/C24H31N7O4/c1-24(2,3)20(31-12-17(27-29-31)14-5-6-14)23(34)30-11-15(32)9-18(30)22(33)26-10-13-4-7-16-19(8-13)35-28-21(16)25/h4,7-8,12,14-15,18,20,32H,5-6,9-11H2,1-3H3,(H2,25,28)(H,26,33)/t15?,18?,20-/m1/s1. The molecule has 2 fully saturated rings. The van der Waals surface area contributed by atoms with Crippen LogP contribution in [0.3, 0.4) is 0 Å². The van der Waals surface area contributed by atoms with Crippen LogP contribution < -0.4 is 11.1 Å². The summed E-state index contributed by atoms with van der Waals surface area (Å²) >= 11 is 0. The summed E-state index contributed by atoms with van der Waals surface area (Å²) in [5, 5.41) is 26.2. The molecule has 35 heavy (non-hydrogen) atoms. The number of aromatic nitrogens is 4. The molecular weight excluding hydrogens is 450 g/mol. The molecule has 2 amide bonds. The number of nitrogens with zero attached hydrogens (tertiary/aromatic N) is 5. The van der Waals surface area contributed by atoms with Gasteiger partial charge in [0, 0.05) is 31.6 Å². The minimum absolute atomic E-state index is 0.0942. The number of nitrogens with one attached hydrogen (secondary N) is 1. The number of β-amino-alcohol motifs (C(OH)–C–C–N with tert-alkyl or cyclic N) is 1. The maximum Gasteiger partial charge on any atom is 0.248 e. The molecule has 2 unspecified atom stereocenters. The van der Waals surface area contributed by atoms with Crippen LogP contribution in [0.1, 0.15) is 63.3 Å². The van der Waals surface area contributed by atoms with Crippen molar-refractivity contribution in [1.82, 2.24) is 30.4 Å². The first-order valence-electron chi connectivity index (χ1n) is 11.9. The molecule has 3 heterocycles. The Morgan fingerprint density at radius 3 is 2.80 bits per heavy atom. The molecule has 3 atom stereocenters.